The maximum absolute atomic E-state index is 12.1. The standard InChI is InChI=1S/C10H16N2O3S/c1-7-10(12-6-15-7)5-16(13,14)9-3-2-8(11)4-9/h6,8-9H,2-5,11H2,1H3/t8-,9-/m0/s1. The Balaban J connectivity index is 2.12. The predicted molar refractivity (Wildman–Crippen MR) is 59.5 cm³/mol. The van der Waals surface area contributed by atoms with Gasteiger partial charge in [-0.2, -0.15) is 0 Å². The van der Waals surface area contributed by atoms with Crippen LogP contribution >= 0.6 is 0 Å². The zero-order chi connectivity index (χ0) is 11.8. The van der Waals surface area contributed by atoms with Crippen LogP contribution < -0.4 is 5.73 Å². The molecule has 1 aromatic heterocycles. The Hall–Kier alpha value is -0.880. The van der Waals surface area contributed by atoms with Crippen molar-refractivity contribution < 1.29 is 12.8 Å². The van der Waals surface area contributed by atoms with Crippen LogP contribution in [0.2, 0.25) is 0 Å². The summed E-state index contributed by atoms with van der Waals surface area (Å²) in [5.74, 6) is 0.540. The first-order chi connectivity index (χ1) is 7.49. The summed E-state index contributed by atoms with van der Waals surface area (Å²) in [4.78, 5) is 3.91. The monoisotopic (exact) mass is 244 g/mol. The molecule has 1 aromatic rings. The molecule has 1 fully saturated rings. The summed E-state index contributed by atoms with van der Waals surface area (Å²) in [6.07, 6.45) is 3.31. The van der Waals surface area contributed by atoms with Gasteiger partial charge in [0, 0.05) is 6.04 Å². The number of nitrogens with zero attached hydrogens (tertiary/aromatic N) is 1. The van der Waals surface area contributed by atoms with Gasteiger partial charge in [0.05, 0.1) is 16.7 Å². The van der Waals surface area contributed by atoms with Gasteiger partial charge < -0.3 is 10.2 Å². The van der Waals surface area contributed by atoms with Crippen LogP contribution in [0.4, 0.5) is 0 Å². The number of rotatable bonds is 3. The highest BCUT2D eigenvalue weighted by molar-refractivity contribution is 7.91. The molecule has 1 aliphatic rings. The molecule has 5 nitrogen and oxygen atoms in total. The Morgan fingerprint density at radius 3 is 2.81 bits per heavy atom. The lowest BCUT2D eigenvalue weighted by Crippen LogP contribution is -2.23. The minimum absolute atomic E-state index is 0.0261. The van der Waals surface area contributed by atoms with Crippen LogP contribution in [0.5, 0.6) is 0 Å². The fraction of sp³-hybridized carbons (Fsp3) is 0.700. The van der Waals surface area contributed by atoms with Crippen LogP contribution in [0.3, 0.4) is 0 Å². The first-order valence-corrected chi connectivity index (χ1v) is 7.06. The number of nitrogens with two attached hydrogens (primary N) is 1. The maximum atomic E-state index is 12.1. The van der Waals surface area contributed by atoms with E-state index in [4.69, 9.17) is 10.2 Å². The van der Waals surface area contributed by atoms with Gasteiger partial charge in [-0.25, -0.2) is 13.4 Å². The maximum Gasteiger partial charge on any atom is 0.181 e. The summed E-state index contributed by atoms with van der Waals surface area (Å²) in [5, 5.41) is -0.307. The van der Waals surface area contributed by atoms with Crippen molar-refractivity contribution in [2.24, 2.45) is 5.73 Å². The molecule has 0 saturated heterocycles. The molecule has 16 heavy (non-hydrogen) atoms. The van der Waals surface area contributed by atoms with Crippen molar-refractivity contribution in [1.29, 1.82) is 0 Å². The lowest BCUT2D eigenvalue weighted by Gasteiger charge is -2.10. The van der Waals surface area contributed by atoms with E-state index >= 15 is 0 Å². The summed E-state index contributed by atoms with van der Waals surface area (Å²) in [6.45, 7) is 1.72. The fourth-order valence-corrected chi connectivity index (χ4v) is 4.01. The van der Waals surface area contributed by atoms with Gasteiger partial charge >= 0.3 is 0 Å². The fourth-order valence-electron chi connectivity index (χ4n) is 2.07. The molecule has 0 aromatic carbocycles. The quantitative estimate of drug-likeness (QED) is 0.849. The van der Waals surface area contributed by atoms with Gasteiger partial charge in [0.1, 0.15) is 5.76 Å². The van der Waals surface area contributed by atoms with Crippen LogP contribution in [0.15, 0.2) is 10.8 Å². The zero-order valence-corrected chi connectivity index (χ0v) is 10.0. The van der Waals surface area contributed by atoms with E-state index < -0.39 is 9.84 Å². The van der Waals surface area contributed by atoms with Crippen LogP contribution in [-0.4, -0.2) is 24.7 Å². The summed E-state index contributed by atoms with van der Waals surface area (Å²) in [6, 6.07) is 0.0261. The number of hydrogen-bond acceptors (Lipinski definition) is 5. The Morgan fingerprint density at radius 1 is 1.56 bits per heavy atom. The van der Waals surface area contributed by atoms with Crippen molar-refractivity contribution >= 4 is 9.84 Å². The molecule has 2 N–H and O–H groups in total. The molecule has 1 aliphatic carbocycles. The van der Waals surface area contributed by atoms with E-state index in [0.29, 0.717) is 24.3 Å². The molecule has 0 radical (unpaired) electrons. The second-order valence-corrected chi connectivity index (χ2v) is 6.64. The van der Waals surface area contributed by atoms with E-state index in [1.54, 1.807) is 6.92 Å². The van der Waals surface area contributed by atoms with Gasteiger partial charge in [-0.3, -0.25) is 0 Å². The van der Waals surface area contributed by atoms with Crippen LogP contribution in [-0.2, 0) is 15.6 Å². The number of aryl methyl sites for hydroxylation is 1. The molecule has 1 saturated carbocycles. The molecule has 2 atom stereocenters. The van der Waals surface area contributed by atoms with Gasteiger partial charge in [0.2, 0.25) is 0 Å². The van der Waals surface area contributed by atoms with Crippen molar-refractivity contribution in [2.75, 3.05) is 0 Å². The highest BCUT2D eigenvalue weighted by Crippen LogP contribution is 2.26. The molecule has 0 aliphatic heterocycles. The van der Waals surface area contributed by atoms with Crippen molar-refractivity contribution in [3.63, 3.8) is 0 Å². The largest absolute Gasteiger partial charge is 0.448 e. The molecule has 6 heteroatoms. The Kier molecular flexibility index (Phi) is 3.03. The van der Waals surface area contributed by atoms with Gasteiger partial charge in [-0.15, -0.1) is 0 Å². The molecule has 0 unspecified atom stereocenters. The summed E-state index contributed by atoms with van der Waals surface area (Å²) in [7, 11) is -3.14. The molecule has 0 amide bonds. The highest BCUT2D eigenvalue weighted by Gasteiger charge is 2.33. The second-order valence-electron chi connectivity index (χ2n) is 4.36. The Morgan fingerprint density at radius 2 is 2.31 bits per heavy atom. The third kappa shape index (κ3) is 2.27. The number of oxazole rings is 1. The van der Waals surface area contributed by atoms with E-state index in [9.17, 15) is 8.42 Å². The van der Waals surface area contributed by atoms with Gasteiger partial charge in [0.25, 0.3) is 0 Å². The third-order valence-corrected chi connectivity index (χ3v) is 5.23. The van der Waals surface area contributed by atoms with Crippen molar-refractivity contribution in [3.8, 4) is 0 Å². The summed E-state index contributed by atoms with van der Waals surface area (Å²) in [5.41, 5.74) is 6.24. The van der Waals surface area contributed by atoms with Crippen LogP contribution in [0.25, 0.3) is 0 Å². The molecule has 0 bridgehead atoms. The van der Waals surface area contributed by atoms with E-state index in [0.717, 1.165) is 6.42 Å². The summed E-state index contributed by atoms with van der Waals surface area (Å²) < 4.78 is 29.1. The average Bonchev–Trinajstić information content (AvgIpc) is 2.77. The molecular weight excluding hydrogens is 228 g/mol. The zero-order valence-electron chi connectivity index (χ0n) is 9.22. The minimum Gasteiger partial charge on any atom is -0.448 e. The predicted octanol–water partition coefficient (Wildman–Crippen LogP) is 0.778. The highest BCUT2D eigenvalue weighted by atomic mass is 32.2. The molecule has 2 rings (SSSR count). The van der Waals surface area contributed by atoms with E-state index in [1.165, 1.54) is 6.39 Å². The van der Waals surface area contributed by atoms with Crippen molar-refractivity contribution in [1.82, 2.24) is 4.98 Å². The van der Waals surface area contributed by atoms with Crippen molar-refractivity contribution in [2.45, 2.75) is 43.2 Å². The van der Waals surface area contributed by atoms with E-state index in [1.807, 2.05) is 0 Å². The van der Waals surface area contributed by atoms with Crippen LogP contribution in [0, 0.1) is 6.92 Å². The van der Waals surface area contributed by atoms with Gasteiger partial charge in [0.15, 0.2) is 16.2 Å². The van der Waals surface area contributed by atoms with Crippen LogP contribution in [0.1, 0.15) is 30.7 Å². The van der Waals surface area contributed by atoms with Crippen molar-refractivity contribution in [3.05, 3.63) is 17.8 Å². The normalized spacial score (nSPS) is 26.1. The second kappa shape index (κ2) is 4.18. The lowest BCUT2D eigenvalue weighted by molar-refractivity contribution is 0.524. The Labute approximate surface area is 95.0 Å². The number of sulfone groups is 1. The van der Waals surface area contributed by atoms with E-state index in [2.05, 4.69) is 4.98 Å². The van der Waals surface area contributed by atoms with Gasteiger partial charge in [-0.1, -0.05) is 0 Å². The van der Waals surface area contributed by atoms with Gasteiger partial charge in [-0.05, 0) is 26.2 Å². The SMILES string of the molecule is Cc1ocnc1CS(=O)(=O)[C@H]1CC[C@H](N)C1. The number of aromatic nitrogens is 1. The third-order valence-electron chi connectivity index (χ3n) is 3.12. The average molecular weight is 244 g/mol. The lowest BCUT2D eigenvalue weighted by atomic mass is 10.3. The Bertz CT molecular complexity index is 466. The first-order valence-electron chi connectivity index (χ1n) is 5.35. The number of hydrogen-bond donors (Lipinski definition) is 1. The molecule has 90 valence electrons. The first kappa shape index (κ1) is 11.6. The minimum atomic E-state index is -3.14. The summed E-state index contributed by atoms with van der Waals surface area (Å²) >= 11 is 0. The topological polar surface area (TPSA) is 86.2 Å². The molecule has 0 spiro atoms. The molecular formula is C10H16N2O3S. The smallest absolute Gasteiger partial charge is 0.181 e. The van der Waals surface area contributed by atoms with E-state index in [-0.39, 0.29) is 17.0 Å². The molecule has 1 heterocycles.